The number of aromatic carboxylic acids is 1. The van der Waals surface area contributed by atoms with Crippen LogP contribution in [0.1, 0.15) is 67.7 Å². The highest BCUT2D eigenvalue weighted by atomic mass is 16.4. The number of rotatable bonds is 12. The Morgan fingerprint density at radius 3 is 2.30 bits per heavy atom. The first-order valence-electron chi connectivity index (χ1n) is 14.2. The van der Waals surface area contributed by atoms with E-state index in [-0.39, 0.29) is 6.03 Å². The van der Waals surface area contributed by atoms with E-state index >= 15 is 0 Å². The maximum atomic E-state index is 13.1. The Balaban J connectivity index is 1.71. The molecule has 0 spiro atoms. The Hall–Kier alpha value is -4.13. The summed E-state index contributed by atoms with van der Waals surface area (Å²) in [6.45, 7) is 5.65. The van der Waals surface area contributed by atoms with Crippen molar-refractivity contribution in [2.24, 2.45) is 0 Å². The molecule has 7 heteroatoms. The number of anilines is 1. The number of carbonyl (C=O) groups is 2. The molecular weight excluding hydrogens is 500 g/mol. The van der Waals surface area contributed by atoms with E-state index in [0.29, 0.717) is 24.2 Å². The molecule has 1 aromatic heterocycles. The van der Waals surface area contributed by atoms with Crippen molar-refractivity contribution in [2.75, 3.05) is 25.5 Å². The molecule has 0 aliphatic rings. The summed E-state index contributed by atoms with van der Waals surface area (Å²) in [5, 5.41) is 9.60. The van der Waals surface area contributed by atoms with Gasteiger partial charge in [0.05, 0.1) is 16.6 Å². The largest absolute Gasteiger partial charge is 0.478 e. The van der Waals surface area contributed by atoms with Crippen LogP contribution >= 0.6 is 0 Å². The first kappa shape index (κ1) is 28.9. The van der Waals surface area contributed by atoms with Gasteiger partial charge in [-0.3, -0.25) is 4.90 Å². The molecule has 210 valence electrons. The normalized spacial score (nSPS) is 11.1. The van der Waals surface area contributed by atoms with E-state index in [1.807, 2.05) is 41.3 Å². The van der Waals surface area contributed by atoms with E-state index in [4.69, 9.17) is 4.98 Å². The van der Waals surface area contributed by atoms with Gasteiger partial charge >= 0.3 is 12.0 Å². The standard InChI is InChI=1S/C33H40N4O3/c1-5-7-11-21-36(33(40)35(3)4)26-19-20-29-30(22-26)37(31(34-29)14-8-6-2)23-24-15-17-25(18-16-24)27-12-9-10-13-28(27)32(38)39/h9-10,12-13,15-20,22H,5-8,11,14,21,23H2,1-4H3,(H,38,39). The molecule has 0 aliphatic carbocycles. The van der Waals surface area contributed by atoms with E-state index in [2.05, 4.69) is 36.6 Å². The van der Waals surface area contributed by atoms with Crippen molar-refractivity contribution in [3.05, 3.63) is 83.7 Å². The van der Waals surface area contributed by atoms with Crippen LogP contribution in [0.5, 0.6) is 0 Å². The number of hydrogen-bond donors (Lipinski definition) is 1. The number of fused-ring (bicyclic) bond motifs is 1. The number of amides is 2. The third-order valence-electron chi connectivity index (χ3n) is 7.24. The Morgan fingerprint density at radius 2 is 1.62 bits per heavy atom. The van der Waals surface area contributed by atoms with E-state index in [9.17, 15) is 14.7 Å². The number of aromatic nitrogens is 2. The number of benzene rings is 3. The van der Waals surface area contributed by atoms with Gasteiger partial charge in [-0.05, 0) is 53.8 Å². The summed E-state index contributed by atoms with van der Waals surface area (Å²) in [5.41, 5.74) is 5.78. The molecule has 0 saturated heterocycles. The number of unbranched alkanes of at least 4 members (excludes halogenated alkanes) is 3. The second-order valence-electron chi connectivity index (χ2n) is 10.5. The molecule has 0 bridgehead atoms. The van der Waals surface area contributed by atoms with Crippen molar-refractivity contribution >= 4 is 28.7 Å². The molecule has 0 fully saturated rings. The number of carboxylic acid groups (broad SMARTS) is 1. The molecule has 3 aromatic carbocycles. The average Bonchev–Trinajstić information content (AvgIpc) is 3.30. The summed E-state index contributed by atoms with van der Waals surface area (Å²) in [4.78, 5) is 33.3. The molecule has 2 amide bonds. The SMILES string of the molecule is CCCCCN(C(=O)N(C)C)c1ccc2nc(CCCC)n(Cc3ccc(-c4ccccc4C(=O)O)cc3)c2c1. The van der Waals surface area contributed by atoms with Gasteiger partial charge in [-0.2, -0.15) is 0 Å². The first-order chi connectivity index (χ1) is 19.3. The van der Waals surface area contributed by atoms with Gasteiger partial charge in [-0.1, -0.05) is 75.6 Å². The minimum absolute atomic E-state index is 0.0232. The third kappa shape index (κ3) is 6.53. The van der Waals surface area contributed by atoms with Crippen LogP contribution in [0.3, 0.4) is 0 Å². The van der Waals surface area contributed by atoms with Crippen LogP contribution in [0.15, 0.2) is 66.7 Å². The number of carbonyl (C=O) groups excluding carboxylic acids is 1. The van der Waals surface area contributed by atoms with Crippen LogP contribution in [0.25, 0.3) is 22.2 Å². The summed E-state index contributed by atoms with van der Waals surface area (Å²) in [7, 11) is 3.58. The van der Waals surface area contributed by atoms with Gasteiger partial charge in [0.1, 0.15) is 5.82 Å². The topological polar surface area (TPSA) is 78.7 Å². The average molecular weight is 541 g/mol. The predicted octanol–water partition coefficient (Wildman–Crippen LogP) is 7.47. The second-order valence-corrected chi connectivity index (χ2v) is 10.5. The quantitative estimate of drug-likeness (QED) is 0.189. The summed E-state index contributed by atoms with van der Waals surface area (Å²) >= 11 is 0. The molecule has 4 aromatic rings. The van der Waals surface area contributed by atoms with E-state index < -0.39 is 5.97 Å². The lowest BCUT2D eigenvalue weighted by molar-refractivity contribution is 0.0697. The van der Waals surface area contributed by atoms with Crippen LogP contribution in [0.2, 0.25) is 0 Å². The summed E-state index contributed by atoms with van der Waals surface area (Å²) in [6.07, 6.45) is 6.12. The van der Waals surface area contributed by atoms with Crippen LogP contribution in [-0.4, -0.2) is 52.2 Å². The fourth-order valence-electron chi connectivity index (χ4n) is 5.02. The van der Waals surface area contributed by atoms with E-state index in [0.717, 1.165) is 72.2 Å². The number of hydrogen-bond acceptors (Lipinski definition) is 3. The number of carboxylic acids is 1. The Morgan fingerprint density at radius 1 is 0.900 bits per heavy atom. The Labute approximate surface area is 237 Å². The van der Waals surface area contributed by atoms with Crippen LogP contribution in [0.4, 0.5) is 10.5 Å². The zero-order valence-electron chi connectivity index (χ0n) is 24.1. The fraction of sp³-hybridized carbons (Fsp3) is 0.364. The Bertz CT molecular complexity index is 1460. The van der Waals surface area contributed by atoms with Crippen LogP contribution in [-0.2, 0) is 13.0 Å². The zero-order chi connectivity index (χ0) is 28.6. The number of urea groups is 1. The minimum Gasteiger partial charge on any atom is -0.478 e. The molecule has 0 radical (unpaired) electrons. The van der Waals surface area contributed by atoms with Crippen LogP contribution < -0.4 is 4.90 Å². The smallest absolute Gasteiger partial charge is 0.336 e. The highest BCUT2D eigenvalue weighted by Crippen LogP contribution is 2.28. The molecule has 0 atom stereocenters. The third-order valence-corrected chi connectivity index (χ3v) is 7.24. The van der Waals surface area contributed by atoms with Gasteiger partial charge in [0.15, 0.2) is 0 Å². The zero-order valence-corrected chi connectivity index (χ0v) is 24.1. The lowest BCUT2D eigenvalue weighted by Gasteiger charge is -2.26. The lowest BCUT2D eigenvalue weighted by Crippen LogP contribution is -2.40. The number of nitrogens with zero attached hydrogens (tertiary/aromatic N) is 4. The Kier molecular flexibility index (Phi) is 9.59. The first-order valence-corrected chi connectivity index (χ1v) is 14.2. The maximum absolute atomic E-state index is 13.1. The highest BCUT2D eigenvalue weighted by molar-refractivity contribution is 5.96. The van der Waals surface area contributed by atoms with Gasteiger partial charge in [0, 0.05) is 39.3 Å². The van der Waals surface area contributed by atoms with Gasteiger partial charge in [0.2, 0.25) is 0 Å². The molecule has 40 heavy (non-hydrogen) atoms. The molecule has 0 unspecified atom stereocenters. The molecule has 1 N–H and O–H groups in total. The van der Waals surface area contributed by atoms with Gasteiger partial charge < -0.3 is 14.6 Å². The van der Waals surface area contributed by atoms with Crippen molar-refractivity contribution in [2.45, 2.75) is 58.9 Å². The summed E-state index contributed by atoms with van der Waals surface area (Å²) < 4.78 is 2.26. The minimum atomic E-state index is -0.933. The van der Waals surface area contributed by atoms with Crippen molar-refractivity contribution < 1.29 is 14.7 Å². The molecule has 7 nitrogen and oxygen atoms in total. The molecule has 0 saturated carbocycles. The van der Waals surface area contributed by atoms with E-state index in [1.54, 1.807) is 31.1 Å². The van der Waals surface area contributed by atoms with Crippen molar-refractivity contribution in [3.63, 3.8) is 0 Å². The lowest BCUT2D eigenvalue weighted by atomic mass is 9.99. The van der Waals surface area contributed by atoms with Crippen molar-refractivity contribution in [1.29, 1.82) is 0 Å². The predicted molar refractivity (Wildman–Crippen MR) is 162 cm³/mol. The molecular formula is C33H40N4O3. The monoisotopic (exact) mass is 540 g/mol. The number of imidazole rings is 1. The highest BCUT2D eigenvalue weighted by Gasteiger charge is 2.20. The summed E-state index contributed by atoms with van der Waals surface area (Å²) in [6, 6.07) is 21.3. The van der Waals surface area contributed by atoms with Crippen molar-refractivity contribution in [3.8, 4) is 11.1 Å². The molecule has 1 heterocycles. The van der Waals surface area contributed by atoms with E-state index in [1.165, 1.54) is 0 Å². The number of aryl methyl sites for hydroxylation is 1. The molecule has 0 aliphatic heterocycles. The van der Waals surface area contributed by atoms with Gasteiger partial charge in [-0.15, -0.1) is 0 Å². The second kappa shape index (κ2) is 13.3. The van der Waals surface area contributed by atoms with Gasteiger partial charge in [-0.25, -0.2) is 14.6 Å². The fourth-order valence-corrected chi connectivity index (χ4v) is 5.02. The maximum Gasteiger partial charge on any atom is 0.336 e. The van der Waals surface area contributed by atoms with Crippen LogP contribution in [0, 0.1) is 0 Å². The van der Waals surface area contributed by atoms with Gasteiger partial charge in [0.25, 0.3) is 0 Å². The van der Waals surface area contributed by atoms with Crippen molar-refractivity contribution in [1.82, 2.24) is 14.5 Å². The summed E-state index contributed by atoms with van der Waals surface area (Å²) in [5.74, 6) is 0.100. The molecule has 4 rings (SSSR count).